The summed E-state index contributed by atoms with van der Waals surface area (Å²) in [5.74, 6) is 2.59. The number of rotatable bonds is 4. The molecular weight excluding hydrogens is 178 g/mol. The topological polar surface area (TPSA) is 3.24 Å². The van der Waals surface area contributed by atoms with Gasteiger partial charge in [-0.3, -0.25) is 0 Å². The molecule has 0 radical (unpaired) electrons. The third-order valence-corrected chi connectivity index (χ3v) is 3.59. The van der Waals surface area contributed by atoms with Crippen LogP contribution in [0, 0.1) is 11.8 Å². The van der Waals surface area contributed by atoms with E-state index in [9.17, 15) is 0 Å². The molecule has 0 aromatic rings. The van der Waals surface area contributed by atoms with Gasteiger partial charge in [0, 0.05) is 6.54 Å². The van der Waals surface area contributed by atoms with E-state index in [-0.39, 0.29) is 0 Å². The molecule has 1 unspecified atom stereocenters. The minimum Gasteiger partial charge on any atom is -0.303 e. The van der Waals surface area contributed by atoms with Crippen LogP contribution in [-0.4, -0.2) is 30.3 Å². The van der Waals surface area contributed by atoms with Crippen molar-refractivity contribution in [3.63, 3.8) is 0 Å². The van der Waals surface area contributed by atoms with Gasteiger partial charge in [-0.2, -0.15) is 12.6 Å². The van der Waals surface area contributed by atoms with E-state index in [1.54, 1.807) is 0 Å². The molecule has 1 aliphatic heterocycles. The van der Waals surface area contributed by atoms with Gasteiger partial charge in [-0.25, -0.2) is 0 Å². The van der Waals surface area contributed by atoms with E-state index < -0.39 is 0 Å². The number of nitrogens with zero attached hydrogens (tertiary/aromatic N) is 1. The van der Waals surface area contributed by atoms with Gasteiger partial charge >= 0.3 is 0 Å². The third kappa shape index (κ3) is 3.90. The van der Waals surface area contributed by atoms with Crippen LogP contribution in [0.5, 0.6) is 0 Å². The van der Waals surface area contributed by atoms with E-state index >= 15 is 0 Å². The molecule has 1 nitrogen and oxygen atoms in total. The van der Waals surface area contributed by atoms with Gasteiger partial charge in [0.05, 0.1) is 0 Å². The molecule has 1 saturated heterocycles. The molecule has 0 aromatic carbocycles. The van der Waals surface area contributed by atoms with Crippen molar-refractivity contribution >= 4 is 12.6 Å². The predicted molar refractivity (Wildman–Crippen MR) is 62.5 cm³/mol. The van der Waals surface area contributed by atoms with E-state index in [2.05, 4.69) is 31.4 Å². The molecule has 0 bridgehead atoms. The number of thiol groups is 1. The van der Waals surface area contributed by atoms with Crippen molar-refractivity contribution in [1.82, 2.24) is 4.90 Å². The molecule has 0 aliphatic carbocycles. The van der Waals surface area contributed by atoms with Crippen LogP contribution in [0.15, 0.2) is 0 Å². The van der Waals surface area contributed by atoms with Gasteiger partial charge in [-0.1, -0.05) is 20.3 Å². The predicted octanol–water partition coefficient (Wildman–Crippen LogP) is 2.67. The van der Waals surface area contributed by atoms with Gasteiger partial charge in [-0.15, -0.1) is 0 Å². The monoisotopic (exact) mass is 201 g/mol. The van der Waals surface area contributed by atoms with Crippen molar-refractivity contribution in [2.75, 3.05) is 25.4 Å². The number of likely N-dealkylation sites (tertiary alicyclic amines) is 1. The quantitative estimate of drug-likeness (QED) is 0.684. The summed E-state index contributed by atoms with van der Waals surface area (Å²) in [5, 5.41) is 0. The highest BCUT2D eigenvalue weighted by Crippen LogP contribution is 2.17. The first-order valence-corrected chi connectivity index (χ1v) is 6.20. The average molecular weight is 201 g/mol. The van der Waals surface area contributed by atoms with Gasteiger partial charge in [0.2, 0.25) is 0 Å². The maximum absolute atomic E-state index is 4.43. The molecule has 0 aromatic heterocycles. The van der Waals surface area contributed by atoms with Gasteiger partial charge in [0.1, 0.15) is 0 Å². The molecule has 13 heavy (non-hydrogen) atoms. The summed E-state index contributed by atoms with van der Waals surface area (Å²) in [7, 11) is 0. The van der Waals surface area contributed by atoms with Crippen LogP contribution < -0.4 is 0 Å². The lowest BCUT2D eigenvalue weighted by Crippen LogP contribution is -2.36. The molecule has 1 atom stereocenters. The van der Waals surface area contributed by atoms with Gasteiger partial charge in [0.25, 0.3) is 0 Å². The standard InChI is InChI=1S/C11H23NS/c1-10(2)11(9-13)8-12-6-4-3-5-7-12/h10-11,13H,3-9H2,1-2H3. The fourth-order valence-corrected chi connectivity index (χ4v) is 2.49. The summed E-state index contributed by atoms with van der Waals surface area (Å²) in [6.45, 7) is 8.52. The van der Waals surface area contributed by atoms with E-state index in [1.165, 1.54) is 38.9 Å². The van der Waals surface area contributed by atoms with Crippen LogP contribution >= 0.6 is 12.6 Å². The SMILES string of the molecule is CC(C)C(CS)CN1CCCCC1. The lowest BCUT2D eigenvalue weighted by molar-refractivity contribution is 0.183. The largest absolute Gasteiger partial charge is 0.303 e. The lowest BCUT2D eigenvalue weighted by Gasteiger charge is -2.31. The minimum absolute atomic E-state index is 0.777. The van der Waals surface area contributed by atoms with Crippen molar-refractivity contribution in [1.29, 1.82) is 0 Å². The third-order valence-electron chi connectivity index (χ3n) is 3.12. The molecular formula is C11H23NS. The first-order valence-electron chi connectivity index (χ1n) is 5.57. The lowest BCUT2D eigenvalue weighted by atomic mass is 9.96. The Kier molecular flexibility index (Phi) is 5.18. The van der Waals surface area contributed by atoms with E-state index in [0.717, 1.165) is 17.6 Å². The zero-order valence-corrected chi connectivity index (χ0v) is 9.89. The Labute approximate surface area is 88.3 Å². The molecule has 0 amide bonds. The van der Waals surface area contributed by atoms with E-state index in [0.29, 0.717) is 0 Å². The van der Waals surface area contributed by atoms with Crippen molar-refractivity contribution in [2.45, 2.75) is 33.1 Å². The van der Waals surface area contributed by atoms with E-state index in [1.807, 2.05) is 0 Å². The van der Waals surface area contributed by atoms with E-state index in [4.69, 9.17) is 0 Å². The normalized spacial score (nSPS) is 22.2. The van der Waals surface area contributed by atoms with Crippen LogP contribution in [0.3, 0.4) is 0 Å². The fourth-order valence-electron chi connectivity index (χ4n) is 1.95. The van der Waals surface area contributed by atoms with Crippen molar-refractivity contribution in [3.05, 3.63) is 0 Å². The molecule has 0 spiro atoms. The zero-order valence-electron chi connectivity index (χ0n) is 9.00. The van der Waals surface area contributed by atoms with Crippen LogP contribution in [0.2, 0.25) is 0 Å². The maximum atomic E-state index is 4.43. The van der Waals surface area contributed by atoms with Crippen molar-refractivity contribution in [3.8, 4) is 0 Å². The first kappa shape index (κ1) is 11.4. The number of piperidine rings is 1. The fraction of sp³-hybridized carbons (Fsp3) is 1.00. The Morgan fingerprint density at radius 3 is 2.23 bits per heavy atom. The Morgan fingerprint density at radius 1 is 1.15 bits per heavy atom. The highest BCUT2D eigenvalue weighted by molar-refractivity contribution is 7.80. The first-order chi connectivity index (χ1) is 6.24. The molecule has 1 aliphatic rings. The second-order valence-corrected chi connectivity index (χ2v) is 4.91. The highest BCUT2D eigenvalue weighted by Gasteiger charge is 2.17. The summed E-state index contributed by atoms with van der Waals surface area (Å²) in [6, 6.07) is 0. The number of hydrogen-bond acceptors (Lipinski definition) is 2. The molecule has 0 N–H and O–H groups in total. The second kappa shape index (κ2) is 5.92. The van der Waals surface area contributed by atoms with Crippen LogP contribution in [0.4, 0.5) is 0 Å². The molecule has 1 fully saturated rings. The maximum Gasteiger partial charge on any atom is 0.00199 e. The molecule has 0 saturated carbocycles. The second-order valence-electron chi connectivity index (χ2n) is 4.55. The molecule has 78 valence electrons. The van der Waals surface area contributed by atoms with Crippen molar-refractivity contribution in [2.24, 2.45) is 11.8 Å². The summed E-state index contributed by atoms with van der Waals surface area (Å²) < 4.78 is 0. The highest BCUT2D eigenvalue weighted by atomic mass is 32.1. The van der Waals surface area contributed by atoms with Crippen LogP contribution in [0.25, 0.3) is 0 Å². The van der Waals surface area contributed by atoms with Gasteiger partial charge in [0.15, 0.2) is 0 Å². The average Bonchev–Trinajstić information content (AvgIpc) is 2.15. The Bertz CT molecular complexity index is 130. The summed E-state index contributed by atoms with van der Waals surface area (Å²) in [4.78, 5) is 2.62. The summed E-state index contributed by atoms with van der Waals surface area (Å²) in [6.07, 6.45) is 4.23. The molecule has 1 heterocycles. The van der Waals surface area contributed by atoms with Gasteiger partial charge < -0.3 is 4.90 Å². The molecule has 1 rings (SSSR count). The summed E-state index contributed by atoms with van der Waals surface area (Å²) >= 11 is 4.43. The van der Waals surface area contributed by atoms with Crippen molar-refractivity contribution < 1.29 is 0 Å². The van der Waals surface area contributed by atoms with Gasteiger partial charge in [-0.05, 0) is 43.5 Å². The number of hydrogen-bond donors (Lipinski definition) is 1. The Morgan fingerprint density at radius 2 is 1.77 bits per heavy atom. The zero-order chi connectivity index (χ0) is 9.68. The van der Waals surface area contributed by atoms with Crippen LogP contribution in [-0.2, 0) is 0 Å². The smallest absolute Gasteiger partial charge is 0.00199 e. The Hall–Kier alpha value is 0.310. The molecule has 2 heteroatoms. The minimum atomic E-state index is 0.777. The van der Waals surface area contributed by atoms with Crippen LogP contribution in [0.1, 0.15) is 33.1 Å². The Balaban J connectivity index is 2.27. The summed E-state index contributed by atoms with van der Waals surface area (Å²) in [5.41, 5.74) is 0.